The first-order valence-electron chi connectivity index (χ1n) is 6.11. The second-order valence-electron chi connectivity index (χ2n) is 4.92. The highest BCUT2D eigenvalue weighted by molar-refractivity contribution is 4.84. The molecule has 1 aliphatic heterocycles. The third-order valence-corrected chi connectivity index (χ3v) is 4.07. The smallest absolute Gasteiger partial charge is 0.0496 e. The van der Waals surface area contributed by atoms with Gasteiger partial charge in [-0.05, 0) is 37.3 Å². The van der Waals surface area contributed by atoms with Crippen LogP contribution in [-0.4, -0.2) is 26.8 Å². The fourth-order valence-electron chi connectivity index (χ4n) is 3.28. The summed E-state index contributed by atoms with van der Waals surface area (Å²) >= 11 is 0. The third-order valence-electron chi connectivity index (χ3n) is 4.07. The van der Waals surface area contributed by atoms with Gasteiger partial charge in [-0.2, -0.15) is 0 Å². The summed E-state index contributed by atoms with van der Waals surface area (Å²) in [7, 11) is 1.85. The summed E-state index contributed by atoms with van der Waals surface area (Å²) in [6.45, 7) is 3.43. The predicted molar refractivity (Wildman–Crippen MR) is 58.3 cm³/mol. The maximum atomic E-state index is 5.40. The molecule has 14 heavy (non-hydrogen) atoms. The van der Waals surface area contributed by atoms with Gasteiger partial charge in [0.15, 0.2) is 0 Å². The van der Waals surface area contributed by atoms with Crippen LogP contribution in [0.5, 0.6) is 0 Å². The van der Waals surface area contributed by atoms with Gasteiger partial charge < -0.3 is 10.1 Å². The molecule has 0 spiro atoms. The van der Waals surface area contributed by atoms with Crippen molar-refractivity contribution >= 4 is 0 Å². The molecule has 1 saturated carbocycles. The summed E-state index contributed by atoms with van der Waals surface area (Å²) in [4.78, 5) is 0. The maximum absolute atomic E-state index is 5.40. The monoisotopic (exact) mass is 197 g/mol. The number of nitrogens with one attached hydrogen (secondary N) is 1. The molecule has 0 aromatic carbocycles. The molecule has 1 N–H and O–H groups in total. The first-order chi connectivity index (χ1) is 6.92. The van der Waals surface area contributed by atoms with Gasteiger partial charge in [0.1, 0.15) is 0 Å². The van der Waals surface area contributed by atoms with Crippen LogP contribution in [0, 0.1) is 17.8 Å². The van der Waals surface area contributed by atoms with E-state index in [1.165, 1.54) is 45.2 Å². The molecule has 0 aromatic heterocycles. The summed E-state index contributed by atoms with van der Waals surface area (Å²) < 4.78 is 5.40. The highest BCUT2D eigenvalue weighted by atomic mass is 16.5. The van der Waals surface area contributed by atoms with E-state index in [4.69, 9.17) is 4.74 Å². The minimum Gasteiger partial charge on any atom is -0.384 e. The minimum atomic E-state index is 0.831. The number of hydrogen-bond acceptors (Lipinski definition) is 2. The lowest BCUT2D eigenvalue weighted by atomic mass is 9.80. The van der Waals surface area contributed by atoms with Crippen molar-refractivity contribution < 1.29 is 4.74 Å². The van der Waals surface area contributed by atoms with Gasteiger partial charge >= 0.3 is 0 Å². The van der Waals surface area contributed by atoms with Crippen molar-refractivity contribution in [3.63, 3.8) is 0 Å². The second-order valence-corrected chi connectivity index (χ2v) is 4.92. The Balaban J connectivity index is 1.91. The van der Waals surface area contributed by atoms with Crippen molar-refractivity contribution in [1.29, 1.82) is 0 Å². The molecule has 2 heteroatoms. The maximum Gasteiger partial charge on any atom is 0.0496 e. The molecule has 2 fully saturated rings. The molecular weight excluding hydrogens is 174 g/mol. The van der Waals surface area contributed by atoms with Gasteiger partial charge in [0.2, 0.25) is 0 Å². The molecule has 2 rings (SSSR count). The Morgan fingerprint density at radius 3 is 2.57 bits per heavy atom. The summed E-state index contributed by atoms with van der Waals surface area (Å²) in [5.41, 5.74) is 0. The van der Waals surface area contributed by atoms with Crippen LogP contribution in [0.4, 0.5) is 0 Å². The van der Waals surface area contributed by atoms with Gasteiger partial charge in [-0.25, -0.2) is 0 Å². The van der Waals surface area contributed by atoms with Gasteiger partial charge in [-0.1, -0.05) is 25.7 Å². The van der Waals surface area contributed by atoms with E-state index in [2.05, 4.69) is 5.32 Å². The van der Waals surface area contributed by atoms with Crippen LogP contribution in [0.25, 0.3) is 0 Å². The lowest BCUT2D eigenvalue weighted by Crippen LogP contribution is -2.28. The molecule has 2 atom stereocenters. The van der Waals surface area contributed by atoms with E-state index >= 15 is 0 Å². The summed E-state index contributed by atoms with van der Waals surface area (Å²) in [6, 6.07) is 0. The van der Waals surface area contributed by atoms with Crippen molar-refractivity contribution in [3.05, 3.63) is 0 Å². The molecule has 82 valence electrons. The van der Waals surface area contributed by atoms with Crippen molar-refractivity contribution in [2.45, 2.75) is 32.1 Å². The van der Waals surface area contributed by atoms with E-state index in [9.17, 15) is 0 Å². The number of hydrogen-bond donors (Lipinski definition) is 1. The highest BCUT2D eigenvalue weighted by Crippen LogP contribution is 2.37. The number of rotatable bonds is 4. The lowest BCUT2D eigenvalue weighted by molar-refractivity contribution is 0.0883. The summed E-state index contributed by atoms with van der Waals surface area (Å²) in [6.07, 6.45) is 7.16. The largest absolute Gasteiger partial charge is 0.384 e. The van der Waals surface area contributed by atoms with Crippen molar-refractivity contribution in [1.82, 2.24) is 5.32 Å². The van der Waals surface area contributed by atoms with Crippen LogP contribution in [0.15, 0.2) is 0 Å². The molecule has 0 radical (unpaired) electrons. The average Bonchev–Trinajstić information content (AvgIpc) is 2.87. The van der Waals surface area contributed by atoms with E-state index < -0.39 is 0 Å². The van der Waals surface area contributed by atoms with Crippen LogP contribution in [0.2, 0.25) is 0 Å². The molecular formula is C12H23NO. The molecule has 0 bridgehead atoms. The molecule has 2 unspecified atom stereocenters. The Kier molecular flexibility index (Phi) is 3.82. The number of methoxy groups -OCH3 is 1. The summed E-state index contributed by atoms with van der Waals surface area (Å²) in [5, 5.41) is 3.48. The SMILES string of the molecule is COCC(C1CCCC1)C1CCNC1. The van der Waals surface area contributed by atoms with Gasteiger partial charge in [0.25, 0.3) is 0 Å². The fraction of sp³-hybridized carbons (Fsp3) is 1.00. The molecule has 1 heterocycles. The van der Waals surface area contributed by atoms with Crippen LogP contribution in [0.1, 0.15) is 32.1 Å². The van der Waals surface area contributed by atoms with Gasteiger partial charge in [-0.3, -0.25) is 0 Å². The second kappa shape index (κ2) is 5.13. The van der Waals surface area contributed by atoms with Crippen LogP contribution >= 0.6 is 0 Å². The zero-order valence-electron chi connectivity index (χ0n) is 9.30. The third kappa shape index (κ3) is 2.29. The Morgan fingerprint density at radius 1 is 1.21 bits per heavy atom. The molecule has 0 amide bonds. The van der Waals surface area contributed by atoms with Crippen molar-refractivity contribution in [3.8, 4) is 0 Å². The Morgan fingerprint density at radius 2 is 2.00 bits per heavy atom. The van der Waals surface area contributed by atoms with Crippen molar-refractivity contribution in [2.24, 2.45) is 17.8 Å². The van der Waals surface area contributed by atoms with Crippen LogP contribution in [-0.2, 0) is 4.74 Å². The molecule has 2 aliphatic rings. The quantitative estimate of drug-likeness (QED) is 0.745. The molecule has 1 saturated heterocycles. The molecule has 0 aromatic rings. The van der Waals surface area contributed by atoms with E-state index in [0.717, 1.165) is 24.4 Å². The van der Waals surface area contributed by atoms with Crippen LogP contribution < -0.4 is 5.32 Å². The lowest BCUT2D eigenvalue weighted by Gasteiger charge is -2.28. The number of ether oxygens (including phenoxy) is 1. The normalized spacial score (nSPS) is 31.1. The topological polar surface area (TPSA) is 21.3 Å². The highest BCUT2D eigenvalue weighted by Gasteiger charge is 2.32. The van der Waals surface area contributed by atoms with Crippen LogP contribution in [0.3, 0.4) is 0 Å². The van der Waals surface area contributed by atoms with E-state index in [0.29, 0.717) is 0 Å². The Bertz CT molecular complexity index is 144. The van der Waals surface area contributed by atoms with Crippen molar-refractivity contribution in [2.75, 3.05) is 26.8 Å². The summed E-state index contributed by atoms with van der Waals surface area (Å²) in [5.74, 6) is 2.68. The molecule has 1 aliphatic carbocycles. The standard InChI is InChI=1S/C12H23NO/c1-14-9-12(10-4-2-3-5-10)11-6-7-13-8-11/h10-13H,2-9H2,1H3. The van der Waals surface area contributed by atoms with Gasteiger partial charge in [-0.15, -0.1) is 0 Å². The minimum absolute atomic E-state index is 0.831. The Labute approximate surface area is 87.4 Å². The molecule has 2 nitrogen and oxygen atoms in total. The zero-order valence-corrected chi connectivity index (χ0v) is 9.30. The average molecular weight is 197 g/mol. The predicted octanol–water partition coefficient (Wildman–Crippen LogP) is 2.05. The van der Waals surface area contributed by atoms with E-state index in [-0.39, 0.29) is 0 Å². The van der Waals surface area contributed by atoms with E-state index in [1.807, 2.05) is 7.11 Å². The zero-order chi connectivity index (χ0) is 9.80. The first-order valence-corrected chi connectivity index (χ1v) is 6.11. The van der Waals surface area contributed by atoms with Gasteiger partial charge in [0.05, 0.1) is 0 Å². The Hall–Kier alpha value is -0.0800. The first kappa shape index (κ1) is 10.4. The fourth-order valence-corrected chi connectivity index (χ4v) is 3.28. The van der Waals surface area contributed by atoms with Gasteiger partial charge in [0, 0.05) is 13.7 Å². The van der Waals surface area contributed by atoms with E-state index in [1.54, 1.807) is 0 Å².